The molecule has 1 aromatic carbocycles. The Bertz CT molecular complexity index is 489. The highest BCUT2D eigenvalue weighted by Gasteiger charge is 2.52. The Labute approximate surface area is 127 Å². The smallest absolute Gasteiger partial charge is 0.495 e. The van der Waals surface area contributed by atoms with Crippen LogP contribution in [0.2, 0.25) is 5.02 Å². The van der Waals surface area contributed by atoms with Crippen molar-refractivity contribution in [3.8, 4) is 5.75 Å². The maximum Gasteiger partial charge on any atom is 0.497 e. The normalized spacial score (nSPS) is 20.7. The molecule has 2 rings (SSSR count). The molecule has 0 spiro atoms. The van der Waals surface area contributed by atoms with E-state index in [1.165, 1.54) is 0 Å². The molecule has 0 saturated carbocycles. The molecule has 0 N–H and O–H groups in total. The van der Waals surface area contributed by atoms with Crippen LogP contribution in [-0.4, -0.2) is 25.4 Å². The minimum Gasteiger partial charge on any atom is -0.495 e. The maximum atomic E-state index is 6.37. The summed E-state index contributed by atoms with van der Waals surface area (Å²) in [6.45, 7) is 8.04. The van der Waals surface area contributed by atoms with Gasteiger partial charge in [-0.05, 0) is 39.8 Å². The van der Waals surface area contributed by atoms with E-state index in [9.17, 15) is 0 Å². The van der Waals surface area contributed by atoms with Gasteiger partial charge in [-0.1, -0.05) is 27.5 Å². The van der Waals surface area contributed by atoms with Crippen LogP contribution in [0.3, 0.4) is 0 Å². The molecule has 0 bridgehead atoms. The maximum absolute atomic E-state index is 6.37. The Morgan fingerprint density at radius 1 is 1.16 bits per heavy atom. The lowest BCUT2D eigenvalue weighted by Gasteiger charge is -2.32. The first-order valence-electron chi connectivity index (χ1n) is 6.07. The third kappa shape index (κ3) is 2.53. The molecule has 0 atom stereocenters. The van der Waals surface area contributed by atoms with Crippen LogP contribution < -0.4 is 10.2 Å². The van der Waals surface area contributed by atoms with Gasteiger partial charge in [0.05, 0.1) is 23.3 Å². The van der Waals surface area contributed by atoms with Gasteiger partial charge in [-0.25, -0.2) is 0 Å². The lowest BCUT2D eigenvalue weighted by molar-refractivity contribution is 0.00578. The summed E-state index contributed by atoms with van der Waals surface area (Å²) >= 11 is 9.86. The molecule has 3 nitrogen and oxygen atoms in total. The van der Waals surface area contributed by atoms with Crippen molar-refractivity contribution in [3.63, 3.8) is 0 Å². The van der Waals surface area contributed by atoms with Crippen molar-refractivity contribution in [2.24, 2.45) is 0 Å². The van der Waals surface area contributed by atoms with Gasteiger partial charge < -0.3 is 14.0 Å². The Morgan fingerprint density at radius 3 is 2.16 bits per heavy atom. The third-order valence-corrected chi connectivity index (χ3v) is 4.88. The lowest BCUT2D eigenvalue weighted by atomic mass is 9.79. The van der Waals surface area contributed by atoms with E-state index in [0.29, 0.717) is 10.8 Å². The van der Waals surface area contributed by atoms with Gasteiger partial charge in [0.25, 0.3) is 0 Å². The van der Waals surface area contributed by atoms with E-state index in [1.807, 2.05) is 33.8 Å². The van der Waals surface area contributed by atoms with Gasteiger partial charge in [-0.3, -0.25) is 0 Å². The molecule has 6 heteroatoms. The molecule has 0 unspecified atom stereocenters. The van der Waals surface area contributed by atoms with Gasteiger partial charge in [0.1, 0.15) is 5.75 Å². The molecular formula is C13H17BBrClO3. The quantitative estimate of drug-likeness (QED) is 0.768. The molecule has 1 aliphatic heterocycles. The first kappa shape index (κ1) is 15.2. The van der Waals surface area contributed by atoms with E-state index in [-0.39, 0.29) is 0 Å². The standard InChI is InChI=1S/C13H17BBrClO3/c1-12(2)13(3,4)19-14(18-12)10-8(15)6-7-9(17-5)11(10)16/h6-7H,1-5H3. The summed E-state index contributed by atoms with van der Waals surface area (Å²) in [5.74, 6) is 0.606. The molecule has 1 fully saturated rings. The second-order valence-corrected chi connectivity index (χ2v) is 6.80. The van der Waals surface area contributed by atoms with Gasteiger partial charge in [0.15, 0.2) is 0 Å². The highest BCUT2D eigenvalue weighted by atomic mass is 79.9. The van der Waals surface area contributed by atoms with Crippen molar-refractivity contribution in [2.45, 2.75) is 38.9 Å². The molecule has 0 amide bonds. The fourth-order valence-electron chi connectivity index (χ4n) is 1.88. The Morgan fingerprint density at radius 2 is 1.68 bits per heavy atom. The van der Waals surface area contributed by atoms with E-state index >= 15 is 0 Å². The molecule has 1 aliphatic rings. The van der Waals surface area contributed by atoms with Gasteiger partial charge in [0, 0.05) is 9.94 Å². The molecule has 0 radical (unpaired) electrons. The van der Waals surface area contributed by atoms with Gasteiger partial charge in [-0.2, -0.15) is 0 Å². The fourth-order valence-corrected chi connectivity index (χ4v) is 2.85. The van der Waals surface area contributed by atoms with Crippen LogP contribution in [0.25, 0.3) is 0 Å². The van der Waals surface area contributed by atoms with Gasteiger partial charge in [0.2, 0.25) is 0 Å². The summed E-state index contributed by atoms with van der Waals surface area (Å²) in [5.41, 5.74) is -0.0350. The second kappa shape index (κ2) is 4.95. The summed E-state index contributed by atoms with van der Waals surface area (Å²) in [5, 5.41) is 0.510. The molecule has 104 valence electrons. The average Bonchev–Trinajstić information content (AvgIpc) is 2.48. The minimum atomic E-state index is -0.512. The van der Waals surface area contributed by atoms with Crippen LogP contribution in [0.4, 0.5) is 0 Å². The van der Waals surface area contributed by atoms with Crippen molar-refractivity contribution in [1.82, 2.24) is 0 Å². The zero-order valence-corrected chi connectivity index (χ0v) is 14.1. The van der Waals surface area contributed by atoms with Gasteiger partial charge in [-0.15, -0.1) is 0 Å². The van der Waals surface area contributed by atoms with Crippen molar-refractivity contribution in [1.29, 1.82) is 0 Å². The zero-order chi connectivity index (χ0) is 14.4. The zero-order valence-electron chi connectivity index (χ0n) is 11.7. The monoisotopic (exact) mass is 346 g/mol. The minimum absolute atomic E-state index is 0.399. The van der Waals surface area contributed by atoms with E-state index < -0.39 is 18.3 Å². The fraction of sp³-hybridized carbons (Fsp3) is 0.538. The summed E-state index contributed by atoms with van der Waals surface area (Å²) in [6.07, 6.45) is 0. The first-order chi connectivity index (χ1) is 8.69. The predicted octanol–water partition coefficient (Wildman–Crippen LogP) is 3.41. The van der Waals surface area contributed by atoms with E-state index in [2.05, 4.69) is 15.9 Å². The van der Waals surface area contributed by atoms with Crippen molar-refractivity contribution in [3.05, 3.63) is 21.6 Å². The van der Waals surface area contributed by atoms with Crippen LogP contribution in [0.1, 0.15) is 27.7 Å². The molecular weight excluding hydrogens is 330 g/mol. The van der Waals surface area contributed by atoms with Crippen LogP contribution in [0, 0.1) is 0 Å². The van der Waals surface area contributed by atoms with Gasteiger partial charge >= 0.3 is 7.12 Å². The Balaban J connectivity index is 2.45. The molecule has 1 saturated heterocycles. The number of rotatable bonds is 2. The summed E-state index contributed by atoms with van der Waals surface area (Å²) < 4.78 is 18.1. The van der Waals surface area contributed by atoms with Crippen molar-refractivity contribution >= 4 is 40.1 Å². The molecule has 19 heavy (non-hydrogen) atoms. The van der Waals surface area contributed by atoms with Crippen molar-refractivity contribution < 1.29 is 14.0 Å². The summed E-state index contributed by atoms with van der Waals surface area (Å²) in [6, 6.07) is 3.69. The second-order valence-electron chi connectivity index (χ2n) is 5.57. The highest BCUT2D eigenvalue weighted by molar-refractivity contribution is 9.10. The lowest BCUT2D eigenvalue weighted by Crippen LogP contribution is -2.41. The predicted molar refractivity (Wildman–Crippen MR) is 81.4 cm³/mol. The Hall–Kier alpha value is -0.225. The summed E-state index contributed by atoms with van der Waals surface area (Å²) in [4.78, 5) is 0. The number of ether oxygens (including phenoxy) is 1. The number of halogens is 2. The van der Waals surface area contributed by atoms with Crippen LogP contribution >= 0.6 is 27.5 Å². The van der Waals surface area contributed by atoms with Crippen LogP contribution in [0.5, 0.6) is 5.75 Å². The third-order valence-electron chi connectivity index (χ3n) is 3.80. The van der Waals surface area contributed by atoms with Crippen LogP contribution in [-0.2, 0) is 9.31 Å². The number of hydrogen-bond donors (Lipinski definition) is 0. The van der Waals surface area contributed by atoms with E-state index in [0.717, 1.165) is 9.94 Å². The summed E-state index contributed by atoms with van der Waals surface area (Å²) in [7, 11) is 1.07. The SMILES string of the molecule is COc1ccc(Br)c(B2OC(C)(C)C(C)(C)O2)c1Cl. The highest BCUT2D eigenvalue weighted by Crippen LogP contribution is 2.38. The largest absolute Gasteiger partial charge is 0.497 e. The van der Waals surface area contributed by atoms with E-state index in [4.69, 9.17) is 25.6 Å². The Kier molecular flexibility index (Phi) is 3.96. The number of hydrogen-bond acceptors (Lipinski definition) is 3. The molecule has 0 aromatic heterocycles. The first-order valence-corrected chi connectivity index (χ1v) is 7.24. The van der Waals surface area contributed by atoms with Crippen LogP contribution in [0.15, 0.2) is 16.6 Å². The molecule has 1 aromatic rings. The molecule has 1 heterocycles. The van der Waals surface area contributed by atoms with E-state index in [1.54, 1.807) is 13.2 Å². The molecule has 0 aliphatic carbocycles. The van der Waals surface area contributed by atoms with Crippen molar-refractivity contribution in [2.75, 3.05) is 7.11 Å². The topological polar surface area (TPSA) is 27.7 Å². The number of methoxy groups -OCH3 is 1. The average molecular weight is 347 g/mol. The number of benzene rings is 1.